The van der Waals surface area contributed by atoms with Crippen molar-refractivity contribution in [1.29, 1.82) is 5.26 Å². The lowest BCUT2D eigenvalue weighted by Crippen LogP contribution is -2.35. The summed E-state index contributed by atoms with van der Waals surface area (Å²) in [5.74, 6) is 0.974. The number of pyridine rings is 2. The summed E-state index contributed by atoms with van der Waals surface area (Å²) in [6, 6.07) is 21.6. The Labute approximate surface area is 213 Å². The van der Waals surface area contributed by atoms with Gasteiger partial charge in [-0.2, -0.15) is 18.4 Å². The minimum atomic E-state index is -4.52. The quantitative estimate of drug-likeness (QED) is 0.326. The van der Waals surface area contributed by atoms with E-state index < -0.39 is 11.9 Å². The summed E-state index contributed by atoms with van der Waals surface area (Å²) in [6.45, 7) is 3.39. The molecule has 0 amide bonds. The normalized spacial score (nSPS) is 15.0. The highest BCUT2D eigenvalue weighted by Gasteiger charge is 2.33. The van der Waals surface area contributed by atoms with Crippen molar-refractivity contribution in [3.8, 4) is 17.2 Å². The smallest absolute Gasteiger partial charge is 0.369 e. The Bertz CT molecular complexity index is 1420. The van der Waals surface area contributed by atoms with E-state index in [1.165, 1.54) is 6.07 Å². The summed E-state index contributed by atoms with van der Waals surface area (Å²) in [7, 11) is 0. The molecule has 188 valence electrons. The molecule has 0 spiro atoms. The first-order valence-electron chi connectivity index (χ1n) is 12.3. The summed E-state index contributed by atoms with van der Waals surface area (Å²) >= 11 is 0. The van der Waals surface area contributed by atoms with Crippen LogP contribution in [0.25, 0.3) is 22.0 Å². The van der Waals surface area contributed by atoms with Gasteiger partial charge < -0.3 is 5.32 Å². The largest absolute Gasteiger partial charge is 0.433 e. The van der Waals surface area contributed by atoms with Crippen LogP contribution in [0.3, 0.4) is 0 Å². The second kappa shape index (κ2) is 10.6. The van der Waals surface area contributed by atoms with Crippen molar-refractivity contribution in [3.63, 3.8) is 0 Å². The fourth-order valence-corrected chi connectivity index (χ4v) is 4.83. The van der Waals surface area contributed by atoms with E-state index in [1.54, 1.807) is 6.20 Å². The lowest BCUT2D eigenvalue weighted by atomic mass is 9.96. The first kappa shape index (κ1) is 24.7. The molecule has 0 bridgehead atoms. The summed E-state index contributed by atoms with van der Waals surface area (Å²) in [5, 5.41) is 13.1. The Morgan fingerprint density at radius 2 is 1.78 bits per heavy atom. The number of aromatic nitrogens is 2. The van der Waals surface area contributed by atoms with E-state index in [1.807, 2.05) is 54.6 Å². The lowest BCUT2D eigenvalue weighted by molar-refractivity contribution is -0.140. The summed E-state index contributed by atoms with van der Waals surface area (Å²) < 4.78 is 40.3. The minimum absolute atomic E-state index is 0.285. The maximum Gasteiger partial charge on any atom is 0.433 e. The molecular weight excluding hydrogens is 475 g/mol. The van der Waals surface area contributed by atoms with Gasteiger partial charge in [0.25, 0.3) is 0 Å². The van der Waals surface area contributed by atoms with E-state index in [4.69, 9.17) is 5.26 Å². The number of piperidine rings is 1. The van der Waals surface area contributed by atoms with Gasteiger partial charge in [0.15, 0.2) is 0 Å². The van der Waals surface area contributed by atoms with Crippen LogP contribution < -0.4 is 5.32 Å². The van der Waals surface area contributed by atoms with Gasteiger partial charge in [-0.25, -0.2) is 9.97 Å². The van der Waals surface area contributed by atoms with Gasteiger partial charge in [-0.3, -0.25) is 4.90 Å². The fourth-order valence-electron chi connectivity index (χ4n) is 4.83. The predicted molar refractivity (Wildman–Crippen MR) is 138 cm³/mol. The molecule has 1 fully saturated rings. The van der Waals surface area contributed by atoms with Crippen LogP contribution in [0.15, 0.2) is 72.9 Å². The molecule has 0 unspecified atom stereocenters. The van der Waals surface area contributed by atoms with Crippen molar-refractivity contribution in [2.24, 2.45) is 5.92 Å². The molecule has 1 aliphatic rings. The number of halogens is 3. The Hall–Kier alpha value is -3.96. The number of likely N-dealkylation sites (tertiary alicyclic amines) is 1. The van der Waals surface area contributed by atoms with Gasteiger partial charge >= 0.3 is 6.18 Å². The number of benzene rings is 2. The zero-order valence-electron chi connectivity index (χ0n) is 20.2. The van der Waals surface area contributed by atoms with Crippen LogP contribution in [0.4, 0.5) is 19.0 Å². The standard InChI is InChI=1S/C29H26F3N5/c30-29(31,32)26-10-9-24-27(36-26)25(23-7-2-1-3-8-23)18-35-28(24)34-17-20-11-13-37(14-12-20)19-22-6-4-5-21(15-22)16-33/h1-10,15,18,20H,11-14,17,19H2,(H,34,35). The highest BCUT2D eigenvalue weighted by molar-refractivity contribution is 5.99. The Kier molecular flexibility index (Phi) is 7.06. The Morgan fingerprint density at radius 3 is 2.51 bits per heavy atom. The zero-order chi connectivity index (χ0) is 25.8. The molecule has 1 aliphatic heterocycles. The average molecular weight is 502 g/mol. The van der Waals surface area contributed by atoms with E-state index in [0.29, 0.717) is 34.8 Å². The maximum absolute atomic E-state index is 13.4. The van der Waals surface area contributed by atoms with E-state index in [0.717, 1.165) is 49.7 Å². The lowest BCUT2D eigenvalue weighted by Gasteiger charge is -2.32. The van der Waals surface area contributed by atoms with Crippen molar-refractivity contribution in [2.45, 2.75) is 25.6 Å². The molecule has 8 heteroatoms. The van der Waals surface area contributed by atoms with E-state index in [-0.39, 0.29) is 5.52 Å². The van der Waals surface area contributed by atoms with E-state index in [9.17, 15) is 13.2 Å². The molecule has 0 atom stereocenters. The van der Waals surface area contributed by atoms with Crippen LogP contribution in [0, 0.1) is 17.2 Å². The fraction of sp³-hybridized carbons (Fsp3) is 0.276. The highest BCUT2D eigenvalue weighted by Crippen LogP contribution is 2.35. The number of rotatable bonds is 6. The van der Waals surface area contributed by atoms with Crippen LogP contribution in [0.5, 0.6) is 0 Å². The van der Waals surface area contributed by atoms with E-state index in [2.05, 4.69) is 26.3 Å². The average Bonchev–Trinajstić information content (AvgIpc) is 2.92. The van der Waals surface area contributed by atoms with Gasteiger partial charge in [0.2, 0.25) is 0 Å². The van der Waals surface area contributed by atoms with Crippen LogP contribution in [-0.4, -0.2) is 34.5 Å². The van der Waals surface area contributed by atoms with Crippen molar-refractivity contribution >= 4 is 16.7 Å². The number of nitrogens with zero attached hydrogens (tertiary/aromatic N) is 4. The van der Waals surface area contributed by atoms with Crippen molar-refractivity contribution < 1.29 is 13.2 Å². The highest BCUT2D eigenvalue weighted by atomic mass is 19.4. The first-order chi connectivity index (χ1) is 17.9. The molecule has 1 N–H and O–H groups in total. The summed E-state index contributed by atoms with van der Waals surface area (Å²) in [6.07, 6.45) is -0.920. The number of fused-ring (bicyclic) bond motifs is 1. The summed E-state index contributed by atoms with van der Waals surface area (Å²) in [4.78, 5) is 11.0. The van der Waals surface area contributed by atoms with E-state index >= 15 is 0 Å². The van der Waals surface area contributed by atoms with Gasteiger partial charge in [-0.15, -0.1) is 0 Å². The molecule has 0 saturated carbocycles. The van der Waals surface area contributed by atoms with Gasteiger partial charge in [-0.05, 0) is 67.2 Å². The van der Waals surface area contributed by atoms with Crippen LogP contribution in [-0.2, 0) is 12.7 Å². The second-order valence-electron chi connectivity index (χ2n) is 9.39. The van der Waals surface area contributed by atoms with Crippen LogP contribution in [0.2, 0.25) is 0 Å². The third-order valence-corrected chi connectivity index (χ3v) is 6.83. The molecule has 0 radical (unpaired) electrons. The van der Waals surface area contributed by atoms with Gasteiger partial charge in [-0.1, -0.05) is 42.5 Å². The SMILES string of the molecule is N#Cc1cccc(CN2CCC(CNc3ncc(-c4ccccc4)c4nc(C(F)(F)F)ccc34)CC2)c1. The van der Waals surface area contributed by atoms with Gasteiger partial charge in [0.05, 0.1) is 17.1 Å². The first-order valence-corrected chi connectivity index (χ1v) is 12.3. The molecule has 5 nitrogen and oxygen atoms in total. The molecule has 2 aromatic heterocycles. The van der Waals surface area contributed by atoms with Gasteiger partial charge in [0.1, 0.15) is 11.5 Å². The third-order valence-electron chi connectivity index (χ3n) is 6.83. The maximum atomic E-state index is 13.4. The second-order valence-corrected chi connectivity index (χ2v) is 9.39. The number of nitrogens with one attached hydrogen (secondary N) is 1. The van der Waals surface area contributed by atoms with Crippen LogP contribution in [0.1, 0.15) is 29.7 Å². The van der Waals surface area contributed by atoms with Gasteiger partial charge in [0, 0.05) is 30.2 Å². The Balaban J connectivity index is 1.29. The summed E-state index contributed by atoms with van der Waals surface area (Å²) in [5.41, 5.74) is 2.52. The molecule has 0 aliphatic carbocycles. The predicted octanol–water partition coefficient (Wildman–Crippen LogP) is 6.51. The van der Waals surface area contributed by atoms with Crippen molar-refractivity contribution in [1.82, 2.24) is 14.9 Å². The van der Waals surface area contributed by atoms with Crippen molar-refractivity contribution in [2.75, 3.05) is 25.0 Å². The molecule has 1 saturated heterocycles. The number of anilines is 1. The topological polar surface area (TPSA) is 64.8 Å². The molecule has 5 rings (SSSR count). The minimum Gasteiger partial charge on any atom is -0.369 e. The molecule has 2 aromatic carbocycles. The Morgan fingerprint density at radius 1 is 1.00 bits per heavy atom. The number of hydrogen-bond acceptors (Lipinski definition) is 5. The molecule has 37 heavy (non-hydrogen) atoms. The van der Waals surface area contributed by atoms with Crippen molar-refractivity contribution in [3.05, 3.63) is 89.7 Å². The third kappa shape index (κ3) is 5.73. The molecular formula is C29H26F3N5. The molecule has 3 heterocycles. The number of nitriles is 1. The zero-order valence-corrected chi connectivity index (χ0v) is 20.2. The molecule has 4 aromatic rings. The number of hydrogen-bond donors (Lipinski definition) is 1. The number of alkyl halides is 3. The monoisotopic (exact) mass is 501 g/mol. The van der Waals surface area contributed by atoms with Crippen LogP contribution >= 0.6 is 0 Å².